The van der Waals surface area contributed by atoms with E-state index in [1.165, 1.54) is 0 Å². The molecule has 0 aliphatic rings. The first-order valence-corrected chi connectivity index (χ1v) is 6.41. The highest BCUT2D eigenvalue weighted by Gasteiger charge is 2.33. The van der Waals surface area contributed by atoms with Crippen molar-refractivity contribution >= 4 is 11.5 Å². The Morgan fingerprint density at radius 2 is 1.50 bits per heavy atom. The van der Waals surface area contributed by atoms with Crippen LogP contribution in [0.4, 0.5) is 42.2 Å². The fourth-order valence-corrected chi connectivity index (χ4v) is 1.79. The first-order valence-electron chi connectivity index (χ1n) is 6.41. The van der Waals surface area contributed by atoms with E-state index in [-0.39, 0.29) is 13.1 Å². The van der Waals surface area contributed by atoms with Gasteiger partial charge in [-0.1, -0.05) is 0 Å². The summed E-state index contributed by atoms with van der Waals surface area (Å²) in [5.41, 5.74) is -2.12. The predicted molar refractivity (Wildman–Crippen MR) is 70.3 cm³/mol. The molecule has 0 atom stereocenters. The molecule has 24 heavy (non-hydrogen) atoms. The molecular weight excluding hydrogens is 345 g/mol. The van der Waals surface area contributed by atoms with Gasteiger partial charge in [-0.05, 0) is 12.1 Å². The van der Waals surface area contributed by atoms with E-state index in [2.05, 4.69) is 15.3 Å². The zero-order valence-electron chi connectivity index (χ0n) is 11.7. The van der Waals surface area contributed by atoms with Gasteiger partial charge < -0.3 is 10.6 Å². The Morgan fingerprint density at radius 3 is 2.08 bits per heavy atom. The molecule has 0 spiro atoms. The Kier molecular flexibility index (Phi) is 5.10. The van der Waals surface area contributed by atoms with Crippen LogP contribution >= 0.6 is 0 Å². The van der Waals surface area contributed by atoms with Crippen LogP contribution in [0.2, 0.25) is 0 Å². The highest BCUT2D eigenvalue weighted by Crippen LogP contribution is 2.33. The third-order valence-corrected chi connectivity index (χ3v) is 2.83. The lowest BCUT2D eigenvalue weighted by molar-refractivity contribution is -0.137. The Hall–Kier alpha value is -2.59. The van der Waals surface area contributed by atoms with E-state index in [0.717, 1.165) is 18.3 Å². The molecule has 2 aromatic heterocycles. The normalized spacial score (nSPS) is 11.5. The fourth-order valence-electron chi connectivity index (χ4n) is 1.79. The number of pyridine rings is 2. The van der Waals surface area contributed by atoms with Crippen LogP contribution in [0.1, 0.15) is 5.56 Å². The zero-order chi connectivity index (χ0) is 17.9. The monoisotopic (exact) mass is 354 g/mol. The highest BCUT2D eigenvalue weighted by molar-refractivity contribution is 5.47. The maximum Gasteiger partial charge on any atom is 0.419 e. The summed E-state index contributed by atoms with van der Waals surface area (Å²) < 4.78 is 90.6. The van der Waals surface area contributed by atoms with E-state index >= 15 is 0 Å². The van der Waals surface area contributed by atoms with Gasteiger partial charge in [0.2, 0.25) is 11.6 Å². The van der Waals surface area contributed by atoms with Gasteiger partial charge in [-0.25, -0.2) is 4.98 Å². The minimum absolute atomic E-state index is 0.259. The summed E-state index contributed by atoms with van der Waals surface area (Å²) in [4.78, 5) is 5.89. The van der Waals surface area contributed by atoms with Crippen LogP contribution in [0.3, 0.4) is 0 Å². The smallest absolute Gasteiger partial charge is 0.378 e. The third kappa shape index (κ3) is 3.84. The number of alkyl halides is 3. The van der Waals surface area contributed by atoms with Gasteiger partial charge in [-0.15, -0.1) is 0 Å². The Balaban J connectivity index is 2.03. The summed E-state index contributed by atoms with van der Waals surface area (Å²) in [6.45, 7) is -0.602. The van der Waals surface area contributed by atoms with Crippen LogP contribution < -0.4 is 10.6 Å². The second-order valence-electron chi connectivity index (χ2n) is 4.45. The van der Waals surface area contributed by atoms with Crippen LogP contribution in [0.15, 0.2) is 18.3 Å². The summed E-state index contributed by atoms with van der Waals surface area (Å²) in [6.07, 6.45) is -3.52. The lowest BCUT2D eigenvalue weighted by atomic mass is 10.2. The standard InChI is InChI=1S/C13H9F7N4/c14-7-9(8(15)11(17)24-10(7)16)21-4-5-23-12-6(13(18,19)20)2-1-3-22-12/h1-3H,4-5H2,(H,21,24)(H,22,23). The molecule has 0 aromatic carbocycles. The first-order chi connectivity index (χ1) is 11.2. The van der Waals surface area contributed by atoms with E-state index in [0.29, 0.717) is 0 Å². The number of anilines is 2. The van der Waals surface area contributed by atoms with E-state index < -0.39 is 46.8 Å². The summed E-state index contributed by atoms with van der Waals surface area (Å²) in [6, 6.07) is 1.90. The van der Waals surface area contributed by atoms with Crippen molar-refractivity contribution in [3.8, 4) is 0 Å². The zero-order valence-corrected chi connectivity index (χ0v) is 11.7. The van der Waals surface area contributed by atoms with Gasteiger partial charge in [0.05, 0.1) is 5.56 Å². The second-order valence-corrected chi connectivity index (χ2v) is 4.45. The number of halogens is 7. The van der Waals surface area contributed by atoms with Gasteiger partial charge >= 0.3 is 6.18 Å². The molecule has 0 fully saturated rings. The van der Waals surface area contributed by atoms with Crippen LogP contribution in [-0.2, 0) is 6.18 Å². The molecule has 0 saturated carbocycles. The molecule has 0 amide bonds. The SMILES string of the molecule is Fc1nc(F)c(F)c(NCCNc2ncccc2C(F)(F)F)c1F. The molecule has 2 heterocycles. The maximum absolute atomic E-state index is 13.3. The number of nitrogens with one attached hydrogen (secondary N) is 2. The van der Waals surface area contributed by atoms with E-state index in [4.69, 9.17) is 0 Å². The van der Waals surface area contributed by atoms with Crippen LogP contribution in [0.25, 0.3) is 0 Å². The third-order valence-electron chi connectivity index (χ3n) is 2.83. The topological polar surface area (TPSA) is 49.8 Å². The van der Waals surface area contributed by atoms with E-state index in [1.807, 2.05) is 5.32 Å². The summed E-state index contributed by atoms with van der Waals surface area (Å²) in [5.74, 6) is -7.63. The lowest BCUT2D eigenvalue weighted by Crippen LogP contribution is -2.19. The number of rotatable bonds is 5. The summed E-state index contributed by atoms with van der Waals surface area (Å²) >= 11 is 0. The quantitative estimate of drug-likeness (QED) is 0.490. The molecule has 0 aliphatic heterocycles. The van der Waals surface area contributed by atoms with Gasteiger partial charge in [0.1, 0.15) is 11.5 Å². The molecule has 11 heteroatoms. The van der Waals surface area contributed by atoms with Gasteiger partial charge in [0.25, 0.3) is 11.9 Å². The van der Waals surface area contributed by atoms with Crippen molar-refractivity contribution in [3.05, 3.63) is 47.4 Å². The molecule has 0 bridgehead atoms. The number of hydrogen-bond acceptors (Lipinski definition) is 4. The average molecular weight is 354 g/mol. The fraction of sp³-hybridized carbons (Fsp3) is 0.231. The Labute approximate surface area is 130 Å². The maximum atomic E-state index is 13.3. The van der Waals surface area contributed by atoms with Crippen molar-refractivity contribution in [2.24, 2.45) is 0 Å². The molecule has 2 N–H and O–H groups in total. The Morgan fingerprint density at radius 1 is 0.917 bits per heavy atom. The summed E-state index contributed by atoms with van der Waals surface area (Å²) in [7, 11) is 0. The molecule has 130 valence electrons. The molecule has 0 radical (unpaired) electrons. The van der Waals surface area contributed by atoms with Crippen molar-refractivity contribution in [1.82, 2.24) is 9.97 Å². The van der Waals surface area contributed by atoms with Gasteiger partial charge in [-0.3, -0.25) is 0 Å². The molecule has 2 aromatic rings. The lowest BCUT2D eigenvalue weighted by Gasteiger charge is -2.14. The molecule has 4 nitrogen and oxygen atoms in total. The minimum Gasteiger partial charge on any atom is -0.378 e. The predicted octanol–water partition coefficient (Wildman–Crippen LogP) is 3.58. The van der Waals surface area contributed by atoms with Gasteiger partial charge in [0.15, 0.2) is 0 Å². The van der Waals surface area contributed by atoms with E-state index in [9.17, 15) is 30.7 Å². The van der Waals surface area contributed by atoms with Gasteiger partial charge in [-0.2, -0.15) is 35.7 Å². The molecular formula is C13H9F7N4. The Bertz CT molecular complexity index is 707. The first kappa shape index (κ1) is 17.8. The van der Waals surface area contributed by atoms with Gasteiger partial charge in [0, 0.05) is 19.3 Å². The number of nitrogens with zero attached hydrogens (tertiary/aromatic N) is 2. The molecule has 0 unspecified atom stereocenters. The van der Waals surface area contributed by atoms with E-state index in [1.54, 1.807) is 0 Å². The minimum atomic E-state index is -4.64. The molecule has 0 saturated heterocycles. The number of hydrogen-bond donors (Lipinski definition) is 2. The molecule has 2 rings (SSSR count). The van der Waals surface area contributed by atoms with Crippen molar-refractivity contribution < 1.29 is 30.7 Å². The van der Waals surface area contributed by atoms with Crippen LogP contribution in [-0.4, -0.2) is 23.1 Å². The summed E-state index contributed by atoms with van der Waals surface area (Å²) in [5, 5.41) is 4.37. The largest absolute Gasteiger partial charge is 0.419 e. The van der Waals surface area contributed by atoms with Crippen LogP contribution in [0.5, 0.6) is 0 Å². The van der Waals surface area contributed by atoms with Crippen LogP contribution in [0, 0.1) is 23.5 Å². The average Bonchev–Trinajstić information content (AvgIpc) is 2.52. The van der Waals surface area contributed by atoms with Crippen molar-refractivity contribution in [1.29, 1.82) is 0 Å². The number of aromatic nitrogens is 2. The molecule has 0 aliphatic carbocycles. The highest BCUT2D eigenvalue weighted by atomic mass is 19.4. The van der Waals surface area contributed by atoms with Crippen molar-refractivity contribution in [3.63, 3.8) is 0 Å². The van der Waals surface area contributed by atoms with Crippen molar-refractivity contribution in [2.75, 3.05) is 23.7 Å². The van der Waals surface area contributed by atoms with Crippen molar-refractivity contribution in [2.45, 2.75) is 6.18 Å². The second kappa shape index (κ2) is 6.89.